The minimum Gasteiger partial charge on any atom is -0.497 e. The minimum atomic E-state index is -1.01. The van der Waals surface area contributed by atoms with E-state index in [0.29, 0.717) is 22.9 Å². The van der Waals surface area contributed by atoms with Gasteiger partial charge in [0.15, 0.2) is 12.1 Å². The molecule has 0 aromatic heterocycles. The Balaban J connectivity index is 1.26. The maximum Gasteiger partial charge on any atom is 0.264 e. The number of carbonyl (C=O) groups is 3. The Bertz CT molecular complexity index is 1560. The first-order chi connectivity index (χ1) is 19.3. The van der Waals surface area contributed by atoms with Gasteiger partial charge in [-0.3, -0.25) is 19.4 Å². The lowest BCUT2D eigenvalue weighted by molar-refractivity contribution is -0.135. The van der Waals surface area contributed by atoms with Crippen molar-refractivity contribution in [1.82, 2.24) is 10.0 Å². The molecule has 202 valence electrons. The molecular formula is C28H22BrClN6O4. The number of imide groups is 1. The smallest absolute Gasteiger partial charge is 0.264 e. The first-order valence-electron chi connectivity index (χ1n) is 12.4. The van der Waals surface area contributed by atoms with Gasteiger partial charge in [0, 0.05) is 15.9 Å². The summed E-state index contributed by atoms with van der Waals surface area (Å²) in [4.78, 5) is 41.3. The van der Waals surface area contributed by atoms with E-state index in [-0.39, 0.29) is 12.5 Å². The SMILES string of the molecule is COc1ccc([C@H]2CC(c3ccc(Cl)cc3)=NN2C(=O)CN2N=N[C@@H]3C(=O)N(c4cccc(Br)c4)C(=O)[C@@H]32)cc1. The average Bonchev–Trinajstić information content (AvgIpc) is 3.64. The number of hydrogen-bond donors (Lipinski definition) is 0. The van der Waals surface area contributed by atoms with Crippen molar-refractivity contribution >= 4 is 56.7 Å². The van der Waals surface area contributed by atoms with Crippen LogP contribution in [0.4, 0.5) is 5.69 Å². The summed E-state index contributed by atoms with van der Waals surface area (Å²) in [6, 6.07) is 19.2. The number of ether oxygens (including phenoxy) is 1. The maximum absolute atomic E-state index is 13.7. The zero-order chi connectivity index (χ0) is 28.0. The number of carbonyl (C=O) groups excluding carboxylic acids is 3. The monoisotopic (exact) mass is 620 g/mol. The van der Waals surface area contributed by atoms with E-state index in [0.717, 1.165) is 26.2 Å². The largest absolute Gasteiger partial charge is 0.497 e. The van der Waals surface area contributed by atoms with Gasteiger partial charge in [-0.25, -0.2) is 9.91 Å². The van der Waals surface area contributed by atoms with Crippen molar-refractivity contribution in [3.05, 3.63) is 93.4 Å². The number of hydrogen-bond acceptors (Lipinski definition) is 8. The van der Waals surface area contributed by atoms with Crippen LogP contribution in [0.1, 0.15) is 23.6 Å². The normalized spacial score (nSPS) is 21.7. The van der Waals surface area contributed by atoms with Gasteiger partial charge in [0.2, 0.25) is 0 Å². The first kappa shape index (κ1) is 26.1. The van der Waals surface area contributed by atoms with Crippen LogP contribution in [-0.2, 0) is 14.4 Å². The molecule has 1 fully saturated rings. The van der Waals surface area contributed by atoms with Crippen molar-refractivity contribution in [2.24, 2.45) is 15.4 Å². The number of halogens is 2. The molecule has 10 nitrogen and oxygen atoms in total. The van der Waals surface area contributed by atoms with Crippen LogP contribution in [0.25, 0.3) is 0 Å². The van der Waals surface area contributed by atoms with Crippen LogP contribution in [-0.4, -0.2) is 59.2 Å². The lowest BCUT2D eigenvalue weighted by Crippen LogP contribution is -2.44. The van der Waals surface area contributed by atoms with E-state index in [2.05, 4.69) is 31.4 Å². The quantitative estimate of drug-likeness (QED) is 0.368. The highest BCUT2D eigenvalue weighted by Crippen LogP contribution is 2.36. The Hall–Kier alpha value is -4.09. The van der Waals surface area contributed by atoms with E-state index < -0.39 is 29.9 Å². The van der Waals surface area contributed by atoms with Crippen molar-refractivity contribution in [1.29, 1.82) is 0 Å². The summed E-state index contributed by atoms with van der Waals surface area (Å²) in [5.41, 5.74) is 2.87. The number of hydrazone groups is 1. The predicted molar refractivity (Wildman–Crippen MR) is 151 cm³/mol. The molecule has 3 aromatic rings. The van der Waals surface area contributed by atoms with Crippen molar-refractivity contribution in [3.63, 3.8) is 0 Å². The van der Waals surface area contributed by atoms with Crippen molar-refractivity contribution in [2.45, 2.75) is 24.5 Å². The number of rotatable bonds is 6. The van der Waals surface area contributed by atoms with Crippen LogP contribution in [0.15, 0.2) is 92.7 Å². The van der Waals surface area contributed by atoms with Crippen LogP contribution < -0.4 is 9.64 Å². The Labute approximate surface area is 243 Å². The summed E-state index contributed by atoms with van der Waals surface area (Å²) >= 11 is 9.44. The molecule has 6 rings (SSSR count). The third-order valence-electron chi connectivity index (χ3n) is 7.07. The van der Waals surface area contributed by atoms with E-state index in [1.54, 1.807) is 43.5 Å². The maximum atomic E-state index is 13.7. The molecule has 40 heavy (non-hydrogen) atoms. The highest BCUT2D eigenvalue weighted by Gasteiger charge is 2.55. The fourth-order valence-electron chi connectivity index (χ4n) is 5.08. The lowest BCUT2D eigenvalue weighted by Gasteiger charge is -2.25. The van der Waals surface area contributed by atoms with E-state index >= 15 is 0 Å². The molecular weight excluding hydrogens is 600 g/mol. The van der Waals surface area contributed by atoms with Crippen molar-refractivity contribution < 1.29 is 19.1 Å². The number of anilines is 1. The van der Waals surface area contributed by atoms with Crippen molar-refractivity contribution in [3.8, 4) is 5.75 Å². The lowest BCUT2D eigenvalue weighted by atomic mass is 9.98. The van der Waals surface area contributed by atoms with Gasteiger partial charge in [-0.2, -0.15) is 10.2 Å². The van der Waals surface area contributed by atoms with E-state index in [4.69, 9.17) is 16.3 Å². The summed E-state index contributed by atoms with van der Waals surface area (Å²) in [7, 11) is 1.59. The van der Waals surface area contributed by atoms with Gasteiger partial charge in [0.25, 0.3) is 17.7 Å². The van der Waals surface area contributed by atoms with Gasteiger partial charge < -0.3 is 4.74 Å². The zero-order valence-electron chi connectivity index (χ0n) is 21.1. The highest BCUT2D eigenvalue weighted by atomic mass is 79.9. The molecule has 3 atom stereocenters. The minimum absolute atomic E-state index is 0.278. The van der Waals surface area contributed by atoms with Crippen LogP contribution in [0.2, 0.25) is 5.02 Å². The first-order valence-corrected chi connectivity index (χ1v) is 13.6. The number of methoxy groups -OCH3 is 1. The van der Waals surface area contributed by atoms with Crippen LogP contribution in [0.5, 0.6) is 5.75 Å². The molecule has 0 aliphatic carbocycles. The number of fused-ring (bicyclic) bond motifs is 1. The van der Waals surface area contributed by atoms with Crippen LogP contribution >= 0.6 is 27.5 Å². The summed E-state index contributed by atoms with van der Waals surface area (Å²) in [6.45, 7) is -0.278. The van der Waals surface area contributed by atoms with Gasteiger partial charge in [-0.1, -0.05) is 63.1 Å². The molecule has 0 bridgehead atoms. The highest BCUT2D eigenvalue weighted by molar-refractivity contribution is 9.10. The molecule has 0 saturated carbocycles. The predicted octanol–water partition coefficient (Wildman–Crippen LogP) is 4.78. The molecule has 0 spiro atoms. The number of amides is 3. The second-order valence-corrected chi connectivity index (χ2v) is 10.8. The second-order valence-electron chi connectivity index (χ2n) is 9.47. The zero-order valence-corrected chi connectivity index (χ0v) is 23.5. The van der Waals surface area contributed by atoms with E-state index in [9.17, 15) is 14.4 Å². The van der Waals surface area contributed by atoms with Gasteiger partial charge in [0.05, 0.1) is 24.6 Å². The molecule has 3 aliphatic rings. The molecule has 3 heterocycles. The van der Waals surface area contributed by atoms with Crippen molar-refractivity contribution in [2.75, 3.05) is 18.6 Å². The summed E-state index contributed by atoms with van der Waals surface area (Å²) < 4.78 is 6.01. The molecule has 1 saturated heterocycles. The van der Waals surface area contributed by atoms with Crippen LogP contribution in [0.3, 0.4) is 0 Å². The Kier molecular flexibility index (Phi) is 6.85. The van der Waals surface area contributed by atoms with Gasteiger partial charge in [-0.05, 0) is 53.6 Å². The average molecular weight is 622 g/mol. The third-order valence-corrected chi connectivity index (χ3v) is 7.81. The second kappa shape index (κ2) is 10.5. The van der Waals surface area contributed by atoms with Crippen LogP contribution in [0, 0.1) is 0 Å². The number of benzene rings is 3. The Morgan fingerprint density at radius 3 is 2.50 bits per heavy atom. The van der Waals surface area contributed by atoms with E-state index in [1.807, 2.05) is 36.4 Å². The molecule has 3 aromatic carbocycles. The number of nitrogens with zero attached hydrogens (tertiary/aromatic N) is 6. The standard InChI is InChI=1S/C28H22BrClN6O4/c1-40-21-11-7-17(8-12-21)23-14-22(16-5-9-19(30)10-6-16)32-36(23)24(37)15-34-26-25(31-33-34)27(38)35(28(26)39)20-4-2-3-18(29)13-20/h2-13,23,25-26H,14-15H2,1H3/t23-,25+,26-/m1/s1. The molecule has 3 aliphatic heterocycles. The van der Waals surface area contributed by atoms with Gasteiger partial charge >= 0.3 is 0 Å². The van der Waals surface area contributed by atoms with Gasteiger partial charge in [-0.15, -0.1) is 0 Å². The van der Waals surface area contributed by atoms with E-state index in [1.165, 1.54) is 10.0 Å². The Morgan fingerprint density at radius 2 is 1.80 bits per heavy atom. The molecule has 0 N–H and O–H groups in total. The molecule has 3 amide bonds. The topological polar surface area (TPSA) is 107 Å². The fraction of sp³-hybridized carbons (Fsp3) is 0.214. The van der Waals surface area contributed by atoms with Gasteiger partial charge in [0.1, 0.15) is 12.3 Å². The fourth-order valence-corrected chi connectivity index (χ4v) is 5.59. The molecule has 0 unspecified atom stereocenters. The molecule has 0 radical (unpaired) electrons. The summed E-state index contributed by atoms with van der Waals surface area (Å²) in [5, 5.41) is 16.1. The Morgan fingerprint density at radius 1 is 1.05 bits per heavy atom. The molecule has 12 heteroatoms. The third kappa shape index (κ3) is 4.65. The summed E-state index contributed by atoms with van der Waals surface area (Å²) in [6.07, 6.45) is 0.474. The summed E-state index contributed by atoms with van der Waals surface area (Å²) in [5.74, 6) is -0.650.